The highest BCUT2D eigenvalue weighted by Gasteiger charge is 2.00. The van der Waals surface area contributed by atoms with E-state index in [0.717, 1.165) is 22.3 Å². The van der Waals surface area contributed by atoms with Crippen LogP contribution in [0.1, 0.15) is 0 Å². The highest BCUT2D eigenvalue weighted by Crippen LogP contribution is 2.24. The van der Waals surface area contributed by atoms with Gasteiger partial charge in [0.2, 0.25) is 0 Å². The third-order valence-corrected chi connectivity index (χ3v) is 1.95. The Labute approximate surface area is 76.2 Å². The summed E-state index contributed by atoms with van der Waals surface area (Å²) in [6.45, 7) is 0. The standard InChI is InChI=1S/C10H10N2O/c1-13-10-4-5-12-9-3-2-7(11)6-8(9)10/h2-6H,11H2,1H3. The Morgan fingerprint density at radius 3 is 2.92 bits per heavy atom. The van der Waals surface area contributed by atoms with Crippen molar-refractivity contribution in [3.05, 3.63) is 30.5 Å². The number of benzene rings is 1. The topological polar surface area (TPSA) is 48.1 Å². The van der Waals surface area contributed by atoms with Gasteiger partial charge in [0, 0.05) is 17.3 Å². The van der Waals surface area contributed by atoms with Crippen molar-refractivity contribution in [1.29, 1.82) is 0 Å². The van der Waals surface area contributed by atoms with Crippen LogP contribution in [0, 0.1) is 0 Å². The molecule has 2 aromatic rings. The van der Waals surface area contributed by atoms with Crippen molar-refractivity contribution in [2.45, 2.75) is 0 Å². The van der Waals surface area contributed by atoms with Crippen molar-refractivity contribution < 1.29 is 4.74 Å². The molecule has 2 rings (SSSR count). The SMILES string of the molecule is COc1ccnc2ccc(N)cc12. The van der Waals surface area contributed by atoms with Crippen LogP contribution in [0.5, 0.6) is 5.75 Å². The third-order valence-electron chi connectivity index (χ3n) is 1.95. The van der Waals surface area contributed by atoms with Gasteiger partial charge in [-0.15, -0.1) is 0 Å². The maximum Gasteiger partial charge on any atom is 0.129 e. The molecule has 3 nitrogen and oxygen atoms in total. The predicted octanol–water partition coefficient (Wildman–Crippen LogP) is 1.83. The molecule has 13 heavy (non-hydrogen) atoms. The van der Waals surface area contributed by atoms with Crippen LogP contribution in [0.15, 0.2) is 30.5 Å². The van der Waals surface area contributed by atoms with E-state index >= 15 is 0 Å². The van der Waals surface area contributed by atoms with E-state index in [1.54, 1.807) is 13.3 Å². The number of nitrogen functional groups attached to an aromatic ring is 1. The van der Waals surface area contributed by atoms with Crippen LogP contribution in [0.2, 0.25) is 0 Å². The van der Waals surface area contributed by atoms with E-state index in [4.69, 9.17) is 10.5 Å². The van der Waals surface area contributed by atoms with Gasteiger partial charge in [-0.2, -0.15) is 0 Å². The van der Waals surface area contributed by atoms with E-state index in [9.17, 15) is 0 Å². The van der Waals surface area contributed by atoms with Crippen molar-refractivity contribution in [3.8, 4) is 5.75 Å². The molecule has 0 aliphatic heterocycles. The number of methoxy groups -OCH3 is 1. The molecule has 2 N–H and O–H groups in total. The van der Waals surface area contributed by atoms with Crippen LogP contribution in [0.3, 0.4) is 0 Å². The molecule has 0 aliphatic carbocycles. The minimum Gasteiger partial charge on any atom is -0.496 e. The van der Waals surface area contributed by atoms with Gasteiger partial charge in [0.15, 0.2) is 0 Å². The third kappa shape index (κ3) is 1.28. The van der Waals surface area contributed by atoms with Gasteiger partial charge >= 0.3 is 0 Å². The van der Waals surface area contributed by atoms with E-state index in [-0.39, 0.29) is 0 Å². The molecule has 0 saturated carbocycles. The molecule has 0 bridgehead atoms. The first-order chi connectivity index (χ1) is 6.31. The number of pyridine rings is 1. The van der Waals surface area contributed by atoms with Crippen LogP contribution in [0.4, 0.5) is 5.69 Å². The molecule has 0 aliphatic rings. The lowest BCUT2D eigenvalue weighted by atomic mass is 10.2. The molecule has 0 fully saturated rings. The summed E-state index contributed by atoms with van der Waals surface area (Å²) in [6.07, 6.45) is 1.72. The number of hydrogen-bond acceptors (Lipinski definition) is 3. The number of nitrogens with zero attached hydrogens (tertiary/aromatic N) is 1. The molecular formula is C10H10N2O. The lowest BCUT2D eigenvalue weighted by molar-refractivity contribution is 0.419. The first-order valence-corrected chi connectivity index (χ1v) is 3.99. The van der Waals surface area contributed by atoms with Gasteiger partial charge in [0.1, 0.15) is 5.75 Å². The highest BCUT2D eigenvalue weighted by molar-refractivity contribution is 5.87. The van der Waals surface area contributed by atoms with Gasteiger partial charge in [-0.3, -0.25) is 4.98 Å². The van der Waals surface area contributed by atoms with Crippen molar-refractivity contribution in [3.63, 3.8) is 0 Å². The molecule has 0 saturated heterocycles. The van der Waals surface area contributed by atoms with Crippen molar-refractivity contribution in [1.82, 2.24) is 4.98 Å². The normalized spacial score (nSPS) is 10.2. The molecule has 1 aromatic heterocycles. The number of hydrogen-bond donors (Lipinski definition) is 1. The summed E-state index contributed by atoms with van der Waals surface area (Å²) in [5.74, 6) is 0.803. The van der Waals surface area contributed by atoms with E-state index in [1.165, 1.54) is 0 Å². The lowest BCUT2D eigenvalue weighted by Gasteiger charge is -2.04. The van der Waals surface area contributed by atoms with E-state index in [2.05, 4.69) is 4.98 Å². The first-order valence-electron chi connectivity index (χ1n) is 3.99. The summed E-state index contributed by atoms with van der Waals surface area (Å²) < 4.78 is 5.19. The van der Waals surface area contributed by atoms with E-state index in [0.29, 0.717) is 0 Å². The lowest BCUT2D eigenvalue weighted by Crippen LogP contribution is -1.89. The largest absolute Gasteiger partial charge is 0.496 e. The molecule has 1 aromatic carbocycles. The van der Waals surface area contributed by atoms with Gasteiger partial charge in [-0.25, -0.2) is 0 Å². The average molecular weight is 174 g/mol. The number of rotatable bonds is 1. The molecule has 0 unspecified atom stereocenters. The Bertz CT molecular complexity index is 440. The van der Waals surface area contributed by atoms with Crippen LogP contribution < -0.4 is 10.5 Å². The van der Waals surface area contributed by atoms with Crippen LogP contribution in [0.25, 0.3) is 10.9 Å². The van der Waals surface area contributed by atoms with Gasteiger partial charge in [0.05, 0.1) is 12.6 Å². The fourth-order valence-corrected chi connectivity index (χ4v) is 1.32. The number of aromatic nitrogens is 1. The predicted molar refractivity (Wildman–Crippen MR) is 52.7 cm³/mol. The van der Waals surface area contributed by atoms with Crippen LogP contribution in [-0.2, 0) is 0 Å². The number of anilines is 1. The fourth-order valence-electron chi connectivity index (χ4n) is 1.32. The Hall–Kier alpha value is -1.77. The zero-order valence-electron chi connectivity index (χ0n) is 7.32. The second kappa shape index (κ2) is 2.94. The molecule has 3 heteroatoms. The first kappa shape index (κ1) is 7.86. The van der Waals surface area contributed by atoms with Crippen molar-refractivity contribution in [2.75, 3.05) is 12.8 Å². The zero-order valence-corrected chi connectivity index (χ0v) is 7.32. The highest BCUT2D eigenvalue weighted by atomic mass is 16.5. The number of nitrogens with two attached hydrogens (primary N) is 1. The fraction of sp³-hybridized carbons (Fsp3) is 0.100. The smallest absolute Gasteiger partial charge is 0.129 e. The molecule has 0 spiro atoms. The molecule has 0 amide bonds. The Balaban J connectivity index is 2.79. The Morgan fingerprint density at radius 2 is 2.15 bits per heavy atom. The zero-order chi connectivity index (χ0) is 9.26. The minimum atomic E-state index is 0.721. The van der Waals surface area contributed by atoms with Crippen molar-refractivity contribution >= 4 is 16.6 Å². The maximum atomic E-state index is 5.66. The minimum absolute atomic E-state index is 0.721. The Kier molecular flexibility index (Phi) is 1.77. The second-order valence-corrected chi connectivity index (χ2v) is 2.79. The maximum absolute atomic E-state index is 5.66. The van der Waals surface area contributed by atoms with Crippen molar-refractivity contribution in [2.24, 2.45) is 0 Å². The summed E-state index contributed by atoms with van der Waals surface area (Å²) in [4.78, 5) is 4.20. The van der Waals surface area contributed by atoms with Gasteiger partial charge < -0.3 is 10.5 Å². The molecule has 0 atom stereocenters. The van der Waals surface area contributed by atoms with Crippen LogP contribution in [-0.4, -0.2) is 12.1 Å². The molecule has 1 heterocycles. The number of ether oxygens (including phenoxy) is 1. The monoisotopic (exact) mass is 174 g/mol. The van der Waals surface area contributed by atoms with Gasteiger partial charge in [-0.05, 0) is 24.3 Å². The second-order valence-electron chi connectivity index (χ2n) is 2.79. The summed E-state index contributed by atoms with van der Waals surface area (Å²) in [7, 11) is 1.64. The number of fused-ring (bicyclic) bond motifs is 1. The quantitative estimate of drug-likeness (QED) is 0.671. The summed E-state index contributed by atoms with van der Waals surface area (Å²) >= 11 is 0. The summed E-state index contributed by atoms with van der Waals surface area (Å²) in [5.41, 5.74) is 7.28. The van der Waals surface area contributed by atoms with Gasteiger partial charge in [-0.1, -0.05) is 0 Å². The summed E-state index contributed by atoms with van der Waals surface area (Å²) in [5, 5.41) is 0.949. The average Bonchev–Trinajstić information content (AvgIpc) is 2.17. The summed E-state index contributed by atoms with van der Waals surface area (Å²) in [6, 6.07) is 7.39. The molecule has 0 radical (unpaired) electrons. The molecule has 66 valence electrons. The van der Waals surface area contributed by atoms with E-state index in [1.807, 2.05) is 24.3 Å². The van der Waals surface area contributed by atoms with Crippen LogP contribution >= 0.6 is 0 Å². The van der Waals surface area contributed by atoms with Gasteiger partial charge in [0.25, 0.3) is 0 Å². The molecular weight excluding hydrogens is 164 g/mol. The Morgan fingerprint density at radius 1 is 1.31 bits per heavy atom. The van der Waals surface area contributed by atoms with E-state index < -0.39 is 0 Å².